The number of rotatable bonds is 4. The Morgan fingerprint density at radius 2 is 2.21 bits per heavy atom. The average molecular weight is 329 g/mol. The minimum Gasteiger partial charge on any atom is -0.329 e. The number of piperidine rings is 1. The molecular formula is C14H25BrN4. The van der Waals surface area contributed by atoms with Crippen molar-refractivity contribution in [2.45, 2.75) is 52.7 Å². The Bertz CT molecular complexity index is 429. The van der Waals surface area contributed by atoms with Crippen molar-refractivity contribution < 1.29 is 0 Å². The highest BCUT2D eigenvalue weighted by Gasteiger charge is 2.27. The van der Waals surface area contributed by atoms with Crippen LogP contribution in [-0.2, 0) is 13.1 Å². The van der Waals surface area contributed by atoms with Gasteiger partial charge >= 0.3 is 0 Å². The van der Waals surface area contributed by atoms with Gasteiger partial charge in [0.25, 0.3) is 0 Å². The maximum atomic E-state index is 5.95. The predicted octanol–water partition coefficient (Wildman–Crippen LogP) is 2.53. The maximum Gasteiger partial charge on any atom is 0.0739 e. The Balaban J connectivity index is 2.16. The van der Waals surface area contributed by atoms with Crippen LogP contribution in [0.25, 0.3) is 0 Å². The first kappa shape index (κ1) is 15.0. The van der Waals surface area contributed by atoms with E-state index in [0.717, 1.165) is 42.3 Å². The van der Waals surface area contributed by atoms with Crippen molar-refractivity contribution in [1.82, 2.24) is 14.7 Å². The van der Waals surface area contributed by atoms with E-state index in [2.05, 4.69) is 51.4 Å². The third kappa shape index (κ3) is 3.20. The molecule has 4 nitrogen and oxygen atoms in total. The fourth-order valence-corrected chi connectivity index (χ4v) is 3.38. The Hall–Kier alpha value is -0.390. The molecule has 108 valence electrons. The van der Waals surface area contributed by atoms with Crippen molar-refractivity contribution in [3.63, 3.8) is 0 Å². The van der Waals surface area contributed by atoms with Crippen LogP contribution in [0.2, 0.25) is 0 Å². The lowest BCUT2D eigenvalue weighted by molar-refractivity contribution is 0.112. The summed E-state index contributed by atoms with van der Waals surface area (Å²) in [6, 6.07) is 0.510. The standard InChI is InChI=1S/C14H25BrN4/c1-4-19-13(14(15)11(3)17-19)9-18-6-5-10(2)7-12(18)8-16/h10,12H,4-9,16H2,1-3H3. The first-order chi connectivity index (χ1) is 9.06. The van der Waals surface area contributed by atoms with Gasteiger partial charge in [0.2, 0.25) is 0 Å². The van der Waals surface area contributed by atoms with Crippen molar-refractivity contribution in [3.8, 4) is 0 Å². The summed E-state index contributed by atoms with van der Waals surface area (Å²) in [5.74, 6) is 0.797. The lowest BCUT2D eigenvalue weighted by atomic mass is 9.92. The second-order valence-electron chi connectivity index (χ2n) is 5.65. The molecule has 1 fully saturated rings. The molecule has 0 spiro atoms. The topological polar surface area (TPSA) is 47.1 Å². The number of hydrogen-bond donors (Lipinski definition) is 1. The molecule has 0 radical (unpaired) electrons. The molecule has 0 saturated carbocycles. The average Bonchev–Trinajstić information content (AvgIpc) is 2.68. The largest absolute Gasteiger partial charge is 0.329 e. The van der Waals surface area contributed by atoms with Crippen LogP contribution in [0, 0.1) is 12.8 Å². The zero-order valence-corrected chi connectivity index (χ0v) is 13.8. The molecular weight excluding hydrogens is 304 g/mol. The highest BCUT2D eigenvalue weighted by Crippen LogP contribution is 2.27. The van der Waals surface area contributed by atoms with Gasteiger partial charge in [-0.25, -0.2) is 0 Å². The van der Waals surface area contributed by atoms with Gasteiger partial charge in [-0.2, -0.15) is 5.10 Å². The fourth-order valence-electron chi connectivity index (χ4n) is 2.97. The molecule has 1 aliphatic heterocycles. The quantitative estimate of drug-likeness (QED) is 0.923. The number of hydrogen-bond acceptors (Lipinski definition) is 3. The van der Waals surface area contributed by atoms with Gasteiger partial charge in [-0.05, 0) is 55.1 Å². The molecule has 2 N–H and O–H groups in total. The predicted molar refractivity (Wildman–Crippen MR) is 82.0 cm³/mol. The van der Waals surface area contributed by atoms with Gasteiger partial charge in [0.05, 0.1) is 15.9 Å². The zero-order valence-electron chi connectivity index (χ0n) is 12.2. The smallest absolute Gasteiger partial charge is 0.0739 e. The van der Waals surface area contributed by atoms with Gasteiger partial charge in [-0.3, -0.25) is 9.58 Å². The van der Waals surface area contributed by atoms with Crippen molar-refractivity contribution in [1.29, 1.82) is 0 Å². The Morgan fingerprint density at radius 3 is 2.84 bits per heavy atom. The molecule has 0 amide bonds. The normalized spacial score (nSPS) is 24.9. The van der Waals surface area contributed by atoms with Crippen LogP contribution < -0.4 is 5.73 Å². The van der Waals surface area contributed by atoms with Gasteiger partial charge in [0.1, 0.15) is 0 Å². The SMILES string of the molecule is CCn1nc(C)c(Br)c1CN1CCC(C)CC1CN. The monoisotopic (exact) mass is 328 g/mol. The van der Waals surface area contributed by atoms with Gasteiger partial charge in [0.15, 0.2) is 0 Å². The van der Waals surface area contributed by atoms with E-state index in [-0.39, 0.29) is 0 Å². The van der Waals surface area contributed by atoms with Gasteiger partial charge in [0, 0.05) is 25.7 Å². The maximum absolute atomic E-state index is 5.95. The van der Waals surface area contributed by atoms with Crippen LogP contribution in [0.5, 0.6) is 0 Å². The fraction of sp³-hybridized carbons (Fsp3) is 0.786. The number of halogens is 1. The number of likely N-dealkylation sites (tertiary alicyclic amines) is 1. The summed E-state index contributed by atoms with van der Waals surface area (Å²) in [5.41, 5.74) is 8.31. The first-order valence-electron chi connectivity index (χ1n) is 7.22. The van der Waals surface area contributed by atoms with Crippen LogP contribution in [0.4, 0.5) is 0 Å². The lowest BCUT2D eigenvalue weighted by Crippen LogP contribution is -2.46. The summed E-state index contributed by atoms with van der Waals surface area (Å²) in [5, 5.41) is 4.57. The summed E-state index contributed by atoms with van der Waals surface area (Å²) < 4.78 is 3.26. The zero-order chi connectivity index (χ0) is 14.0. The minimum absolute atomic E-state index is 0.510. The molecule has 0 aromatic carbocycles. The van der Waals surface area contributed by atoms with Crippen LogP contribution in [0.1, 0.15) is 38.1 Å². The second-order valence-corrected chi connectivity index (χ2v) is 6.44. The minimum atomic E-state index is 0.510. The number of aryl methyl sites for hydroxylation is 2. The van der Waals surface area contributed by atoms with E-state index in [4.69, 9.17) is 5.73 Å². The molecule has 2 rings (SSSR count). The Morgan fingerprint density at radius 1 is 1.47 bits per heavy atom. The number of nitrogens with two attached hydrogens (primary N) is 1. The van der Waals surface area contributed by atoms with Crippen LogP contribution in [-0.4, -0.2) is 33.8 Å². The summed E-state index contributed by atoms with van der Waals surface area (Å²) >= 11 is 3.68. The summed E-state index contributed by atoms with van der Waals surface area (Å²) in [7, 11) is 0. The third-order valence-corrected chi connectivity index (χ3v) is 5.21. The number of nitrogens with zero attached hydrogens (tertiary/aromatic N) is 3. The van der Waals surface area contributed by atoms with Crippen molar-refractivity contribution in [3.05, 3.63) is 15.9 Å². The number of aromatic nitrogens is 2. The van der Waals surface area contributed by atoms with Gasteiger partial charge in [-0.1, -0.05) is 6.92 Å². The van der Waals surface area contributed by atoms with Crippen molar-refractivity contribution in [2.75, 3.05) is 13.1 Å². The van der Waals surface area contributed by atoms with Crippen molar-refractivity contribution >= 4 is 15.9 Å². The summed E-state index contributed by atoms with van der Waals surface area (Å²) in [6.07, 6.45) is 2.49. The van der Waals surface area contributed by atoms with E-state index in [0.29, 0.717) is 6.04 Å². The molecule has 1 saturated heterocycles. The molecule has 5 heteroatoms. The molecule has 1 aromatic heterocycles. The van der Waals surface area contributed by atoms with E-state index in [1.54, 1.807) is 0 Å². The van der Waals surface area contributed by atoms with E-state index < -0.39 is 0 Å². The molecule has 1 aromatic rings. The van der Waals surface area contributed by atoms with Crippen molar-refractivity contribution in [2.24, 2.45) is 11.7 Å². The Labute approximate surface area is 124 Å². The highest BCUT2D eigenvalue weighted by molar-refractivity contribution is 9.10. The van der Waals surface area contributed by atoms with Crippen LogP contribution >= 0.6 is 15.9 Å². The summed E-state index contributed by atoms with van der Waals surface area (Å²) in [6.45, 7) is 10.3. The molecule has 2 heterocycles. The van der Waals surface area contributed by atoms with E-state index in [9.17, 15) is 0 Å². The molecule has 2 atom stereocenters. The lowest BCUT2D eigenvalue weighted by Gasteiger charge is -2.38. The second kappa shape index (κ2) is 6.37. The summed E-state index contributed by atoms with van der Waals surface area (Å²) in [4.78, 5) is 2.52. The van der Waals surface area contributed by atoms with Crippen LogP contribution in [0.3, 0.4) is 0 Å². The van der Waals surface area contributed by atoms with Gasteiger partial charge in [-0.15, -0.1) is 0 Å². The van der Waals surface area contributed by atoms with E-state index in [1.807, 2.05) is 0 Å². The molecule has 2 unspecified atom stereocenters. The van der Waals surface area contributed by atoms with E-state index >= 15 is 0 Å². The highest BCUT2D eigenvalue weighted by atomic mass is 79.9. The molecule has 19 heavy (non-hydrogen) atoms. The third-order valence-electron chi connectivity index (χ3n) is 4.18. The first-order valence-corrected chi connectivity index (χ1v) is 8.02. The van der Waals surface area contributed by atoms with E-state index in [1.165, 1.54) is 18.5 Å². The molecule has 1 aliphatic rings. The Kier molecular flexibility index (Phi) is 5.03. The molecule has 0 aliphatic carbocycles. The van der Waals surface area contributed by atoms with Crippen LogP contribution in [0.15, 0.2) is 4.47 Å². The molecule has 0 bridgehead atoms. The van der Waals surface area contributed by atoms with Gasteiger partial charge < -0.3 is 5.73 Å².